The van der Waals surface area contributed by atoms with Crippen molar-refractivity contribution in [2.24, 2.45) is 5.73 Å². The molecule has 0 aromatic rings. The number of hydrogen-bond acceptors (Lipinski definition) is 3. The van der Waals surface area contributed by atoms with E-state index in [4.69, 9.17) is 10.8 Å². The molecule has 0 aliphatic heterocycles. The first-order valence-corrected chi connectivity index (χ1v) is 5.21. The second-order valence-corrected chi connectivity index (χ2v) is 3.40. The molecule has 98 valence electrons. The van der Waals surface area contributed by atoms with E-state index in [2.05, 4.69) is 16.0 Å². The summed E-state index contributed by atoms with van der Waals surface area (Å²) in [6.07, 6.45) is 0.344. The van der Waals surface area contributed by atoms with Crippen molar-refractivity contribution in [1.82, 2.24) is 16.0 Å². The lowest BCUT2D eigenvalue weighted by Crippen LogP contribution is -2.45. The van der Waals surface area contributed by atoms with Gasteiger partial charge in [-0.05, 0) is 19.3 Å². The lowest BCUT2D eigenvalue weighted by atomic mass is 10.1. The highest BCUT2D eigenvalue weighted by Crippen LogP contribution is 2.01. The van der Waals surface area contributed by atoms with Crippen molar-refractivity contribution in [3.63, 3.8) is 0 Å². The fourth-order valence-corrected chi connectivity index (χ4v) is 1.28. The van der Waals surface area contributed by atoms with E-state index in [-0.39, 0.29) is 5.91 Å². The van der Waals surface area contributed by atoms with Gasteiger partial charge in [0.1, 0.15) is 6.04 Å². The minimum Gasteiger partial charge on any atom is -0.465 e. The number of carboxylic acid groups (broad SMARTS) is 1. The summed E-state index contributed by atoms with van der Waals surface area (Å²) in [6.45, 7) is 0.406. The topological polar surface area (TPSA) is 134 Å². The largest absolute Gasteiger partial charge is 0.465 e. The molecule has 17 heavy (non-hydrogen) atoms. The molecule has 0 aromatic heterocycles. The first-order chi connectivity index (χ1) is 7.97. The Morgan fingerprint density at radius 2 is 1.94 bits per heavy atom. The number of nitrogens with one attached hydrogen (secondary N) is 3. The molecular weight excluding hydrogens is 228 g/mol. The van der Waals surface area contributed by atoms with Crippen molar-refractivity contribution in [1.29, 1.82) is 0 Å². The highest BCUT2D eigenvalue weighted by molar-refractivity contribution is 5.84. The number of nitrogens with two attached hydrogens (primary N) is 1. The third kappa shape index (κ3) is 7.88. The number of likely N-dealkylation sites (N-methyl/N-ethyl adjacent to an activating group) is 1. The van der Waals surface area contributed by atoms with Gasteiger partial charge >= 0.3 is 12.1 Å². The van der Waals surface area contributed by atoms with Crippen LogP contribution >= 0.6 is 0 Å². The van der Waals surface area contributed by atoms with Gasteiger partial charge in [0, 0.05) is 13.6 Å². The average molecular weight is 246 g/mol. The molecule has 8 heteroatoms. The Labute approximate surface area is 98.9 Å². The van der Waals surface area contributed by atoms with Crippen molar-refractivity contribution in [3.05, 3.63) is 0 Å². The Hall–Kier alpha value is -1.99. The third-order valence-corrected chi connectivity index (χ3v) is 2.08. The van der Waals surface area contributed by atoms with Crippen LogP contribution in [0.15, 0.2) is 0 Å². The molecule has 0 fully saturated rings. The lowest BCUT2D eigenvalue weighted by molar-refractivity contribution is -0.122. The number of amides is 4. The fraction of sp³-hybridized carbons (Fsp3) is 0.667. The SMILES string of the molecule is CNC(=O)C(CCCCNC(N)=O)NC(=O)O. The summed E-state index contributed by atoms with van der Waals surface area (Å²) in [7, 11) is 1.44. The van der Waals surface area contributed by atoms with E-state index in [0.29, 0.717) is 25.8 Å². The average Bonchev–Trinajstić information content (AvgIpc) is 2.25. The molecule has 0 aromatic carbocycles. The van der Waals surface area contributed by atoms with Crippen LogP contribution < -0.4 is 21.7 Å². The van der Waals surface area contributed by atoms with E-state index >= 15 is 0 Å². The first kappa shape index (κ1) is 15.0. The number of carbonyl (C=O) groups is 3. The van der Waals surface area contributed by atoms with Crippen molar-refractivity contribution < 1.29 is 19.5 Å². The Morgan fingerprint density at radius 3 is 2.41 bits per heavy atom. The highest BCUT2D eigenvalue weighted by atomic mass is 16.4. The molecule has 0 radical (unpaired) electrons. The van der Waals surface area contributed by atoms with Gasteiger partial charge in [0.25, 0.3) is 0 Å². The molecule has 8 nitrogen and oxygen atoms in total. The molecule has 6 N–H and O–H groups in total. The number of rotatable bonds is 7. The Balaban J connectivity index is 3.87. The van der Waals surface area contributed by atoms with Gasteiger partial charge in [-0.25, -0.2) is 9.59 Å². The zero-order valence-corrected chi connectivity index (χ0v) is 9.66. The zero-order chi connectivity index (χ0) is 13.3. The van der Waals surface area contributed by atoms with Crippen LogP contribution in [0.25, 0.3) is 0 Å². The van der Waals surface area contributed by atoms with Gasteiger partial charge in [-0.15, -0.1) is 0 Å². The van der Waals surface area contributed by atoms with E-state index in [1.807, 2.05) is 0 Å². The Bertz CT molecular complexity index is 282. The Kier molecular flexibility index (Phi) is 7.24. The zero-order valence-electron chi connectivity index (χ0n) is 9.66. The molecule has 0 aliphatic rings. The molecule has 0 aliphatic carbocycles. The normalized spacial score (nSPS) is 11.4. The van der Waals surface area contributed by atoms with Crippen LogP contribution in [0.4, 0.5) is 9.59 Å². The van der Waals surface area contributed by atoms with Crippen molar-refractivity contribution >= 4 is 18.0 Å². The summed E-state index contributed by atoms with van der Waals surface area (Å²) in [6, 6.07) is -1.37. The van der Waals surface area contributed by atoms with Crippen LogP contribution in [0.1, 0.15) is 19.3 Å². The number of carbonyl (C=O) groups excluding carboxylic acids is 2. The minimum atomic E-state index is -1.24. The third-order valence-electron chi connectivity index (χ3n) is 2.08. The van der Waals surface area contributed by atoms with Crippen LogP contribution in [0.2, 0.25) is 0 Å². The van der Waals surface area contributed by atoms with Crippen LogP contribution in [0.5, 0.6) is 0 Å². The monoisotopic (exact) mass is 246 g/mol. The van der Waals surface area contributed by atoms with Crippen LogP contribution in [-0.2, 0) is 4.79 Å². The standard InChI is InChI=1S/C9H18N4O4/c1-11-7(14)6(13-9(16)17)4-2-3-5-12-8(10)15/h6,13H,2-5H2,1H3,(H,11,14)(H,16,17)(H3,10,12,15). The van der Waals surface area contributed by atoms with Crippen LogP contribution in [-0.4, -0.2) is 42.8 Å². The maximum Gasteiger partial charge on any atom is 0.405 e. The van der Waals surface area contributed by atoms with E-state index in [1.165, 1.54) is 7.05 Å². The predicted octanol–water partition coefficient (Wildman–Crippen LogP) is -0.793. The highest BCUT2D eigenvalue weighted by Gasteiger charge is 2.18. The summed E-state index contributed by atoms with van der Waals surface area (Å²) in [5, 5.41) is 15.4. The molecule has 0 heterocycles. The molecule has 0 bridgehead atoms. The summed E-state index contributed by atoms with van der Waals surface area (Å²) >= 11 is 0. The lowest BCUT2D eigenvalue weighted by Gasteiger charge is -2.14. The molecule has 4 amide bonds. The van der Waals surface area contributed by atoms with Gasteiger partial charge < -0.3 is 26.8 Å². The summed E-state index contributed by atoms with van der Waals surface area (Å²) in [4.78, 5) is 32.1. The van der Waals surface area contributed by atoms with Gasteiger partial charge in [-0.2, -0.15) is 0 Å². The molecule has 0 saturated carbocycles. The van der Waals surface area contributed by atoms with Gasteiger partial charge in [0.05, 0.1) is 0 Å². The van der Waals surface area contributed by atoms with Gasteiger partial charge in [0.2, 0.25) is 5.91 Å². The maximum atomic E-state index is 11.3. The number of unbranched alkanes of at least 4 members (excludes halogenated alkanes) is 1. The summed E-state index contributed by atoms with van der Waals surface area (Å²) in [5.74, 6) is -0.379. The Morgan fingerprint density at radius 1 is 1.29 bits per heavy atom. The second kappa shape index (κ2) is 8.20. The van der Waals surface area contributed by atoms with Gasteiger partial charge in [-0.3, -0.25) is 4.79 Å². The number of urea groups is 1. The fourth-order valence-electron chi connectivity index (χ4n) is 1.28. The molecule has 1 atom stereocenters. The van der Waals surface area contributed by atoms with Crippen LogP contribution in [0, 0.1) is 0 Å². The van der Waals surface area contributed by atoms with Crippen molar-refractivity contribution in [2.45, 2.75) is 25.3 Å². The van der Waals surface area contributed by atoms with E-state index < -0.39 is 18.2 Å². The van der Waals surface area contributed by atoms with E-state index in [9.17, 15) is 14.4 Å². The molecular formula is C9H18N4O4. The number of hydrogen-bond donors (Lipinski definition) is 5. The van der Waals surface area contributed by atoms with Crippen LogP contribution in [0.3, 0.4) is 0 Å². The first-order valence-electron chi connectivity index (χ1n) is 5.21. The maximum absolute atomic E-state index is 11.3. The van der Waals surface area contributed by atoms with Gasteiger partial charge in [-0.1, -0.05) is 0 Å². The van der Waals surface area contributed by atoms with Crippen molar-refractivity contribution in [3.8, 4) is 0 Å². The minimum absolute atomic E-state index is 0.367. The van der Waals surface area contributed by atoms with E-state index in [1.54, 1.807) is 0 Å². The van der Waals surface area contributed by atoms with Crippen molar-refractivity contribution in [2.75, 3.05) is 13.6 Å². The summed E-state index contributed by atoms with van der Waals surface area (Å²) in [5.41, 5.74) is 4.87. The number of primary amides is 1. The second-order valence-electron chi connectivity index (χ2n) is 3.40. The predicted molar refractivity (Wildman–Crippen MR) is 60.5 cm³/mol. The molecule has 0 spiro atoms. The van der Waals surface area contributed by atoms with Gasteiger partial charge in [0.15, 0.2) is 0 Å². The smallest absolute Gasteiger partial charge is 0.405 e. The van der Waals surface area contributed by atoms with E-state index in [0.717, 1.165) is 0 Å². The summed E-state index contributed by atoms with van der Waals surface area (Å²) < 4.78 is 0. The molecule has 0 saturated heterocycles. The molecule has 1 unspecified atom stereocenters. The molecule has 0 rings (SSSR count). The quantitative estimate of drug-likeness (QED) is 0.376.